The Kier molecular flexibility index (Phi) is 5.23. The van der Waals surface area contributed by atoms with Crippen molar-refractivity contribution >= 4 is 23.4 Å². The van der Waals surface area contributed by atoms with Gasteiger partial charge in [0.05, 0.1) is 11.3 Å². The molecule has 4 rings (SSSR count). The molecule has 0 bridgehead atoms. The van der Waals surface area contributed by atoms with Crippen molar-refractivity contribution in [3.63, 3.8) is 0 Å². The zero-order valence-electron chi connectivity index (χ0n) is 15.1. The summed E-state index contributed by atoms with van der Waals surface area (Å²) in [6, 6.07) is 11.6. The molecule has 29 heavy (non-hydrogen) atoms. The lowest BCUT2D eigenvalue weighted by Crippen LogP contribution is -2.20. The summed E-state index contributed by atoms with van der Waals surface area (Å²) >= 11 is 1.72. The Hall–Kier alpha value is -2.94. The average molecular weight is 419 g/mol. The fourth-order valence-electron chi connectivity index (χ4n) is 2.88. The van der Waals surface area contributed by atoms with Crippen LogP contribution >= 0.6 is 11.8 Å². The number of aromatic nitrogens is 2. The van der Waals surface area contributed by atoms with Crippen LogP contribution in [-0.2, 0) is 17.5 Å². The summed E-state index contributed by atoms with van der Waals surface area (Å²) in [5.41, 5.74) is 1.55. The van der Waals surface area contributed by atoms with Gasteiger partial charge in [-0.3, -0.25) is 4.79 Å². The van der Waals surface area contributed by atoms with Crippen LogP contribution in [0.1, 0.15) is 5.56 Å². The van der Waals surface area contributed by atoms with Gasteiger partial charge in [0.15, 0.2) is 11.8 Å². The highest BCUT2D eigenvalue weighted by Gasteiger charge is 2.30. The lowest BCUT2D eigenvalue weighted by atomic mass is 10.1. The maximum Gasteiger partial charge on any atom is 0.416 e. The molecule has 2 heterocycles. The molecule has 0 aliphatic carbocycles. The number of benzene rings is 2. The second kappa shape index (κ2) is 7.82. The maximum atomic E-state index is 12.7. The number of imidazole rings is 1. The third-order valence-corrected chi connectivity index (χ3v) is 5.27. The van der Waals surface area contributed by atoms with E-state index in [1.54, 1.807) is 23.9 Å². The highest BCUT2D eigenvalue weighted by atomic mass is 32.2. The molecule has 1 aliphatic rings. The molecule has 1 aromatic heterocycles. The van der Waals surface area contributed by atoms with Gasteiger partial charge < -0.3 is 14.6 Å². The van der Waals surface area contributed by atoms with E-state index >= 15 is 0 Å². The van der Waals surface area contributed by atoms with E-state index in [0.717, 1.165) is 40.8 Å². The lowest BCUT2D eigenvalue weighted by molar-refractivity contribution is -0.137. The van der Waals surface area contributed by atoms with E-state index in [1.165, 1.54) is 12.1 Å². The largest absolute Gasteiger partial charge is 0.484 e. The molecule has 1 N–H and O–H groups in total. The summed E-state index contributed by atoms with van der Waals surface area (Å²) in [7, 11) is 0. The van der Waals surface area contributed by atoms with Crippen molar-refractivity contribution in [1.82, 2.24) is 9.55 Å². The molecule has 0 radical (unpaired) electrons. The van der Waals surface area contributed by atoms with Gasteiger partial charge in [0.1, 0.15) is 5.75 Å². The molecule has 0 unspecified atom stereocenters. The Morgan fingerprint density at radius 3 is 2.72 bits per heavy atom. The number of alkyl halides is 3. The van der Waals surface area contributed by atoms with Gasteiger partial charge in [0.25, 0.3) is 5.91 Å². The minimum absolute atomic E-state index is 0.0176. The van der Waals surface area contributed by atoms with Crippen molar-refractivity contribution in [3.8, 4) is 17.0 Å². The number of carbonyl (C=O) groups excluding carboxylic acids is 1. The zero-order valence-corrected chi connectivity index (χ0v) is 15.9. The number of rotatable bonds is 5. The predicted molar refractivity (Wildman–Crippen MR) is 104 cm³/mol. The first-order valence-corrected chi connectivity index (χ1v) is 9.77. The summed E-state index contributed by atoms with van der Waals surface area (Å²) in [6.07, 6.45) is -2.46. The Morgan fingerprint density at radius 2 is 2.00 bits per heavy atom. The molecular formula is C20H16F3N3O2S. The summed E-state index contributed by atoms with van der Waals surface area (Å²) in [6.45, 7) is 0.557. The second-order valence-electron chi connectivity index (χ2n) is 6.39. The lowest BCUT2D eigenvalue weighted by Gasteiger charge is -2.10. The van der Waals surface area contributed by atoms with Crippen molar-refractivity contribution in [2.75, 3.05) is 17.7 Å². The number of hydrogen-bond acceptors (Lipinski definition) is 4. The molecule has 0 saturated heterocycles. The van der Waals surface area contributed by atoms with Crippen molar-refractivity contribution < 1.29 is 22.7 Å². The highest BCUT2D eigenvalue weighted by molar-refractivity contribution is 7.99. The molecular weight excluding hydrogens is 403 g/mol. The first-order chi connectivity index (χ1) is 13.9. The number of nitrogens with zero attached hydrogens (tertiary/aromatic N) is 2. The Balaban J connectivity index is 1.34. The standard InChI is InChI=1S/C20H16F3N3O2S/c21-20(22,23)14-2-1-3-16(10-14)28-12-18(27)24-15-6-4-13(5-7-15)17-11-26-8-9-29-19(26)25-17/h1-7,10-11H,8-9,12H2,(H,24,27). The van der Waals surface area contributed by atoms with Gasteiger partial charge in [-0.25, -0.2) is 4.98 Å². The number of halogens is 3. The van der Waals surface area contributed by atoms with Gasteiger partial charge in [0, 0.05) is 29.7 Å². The average Bonchev–Trinajstić information content (AvgIpc) is 3.29. The highest BCUT2D eigenvalue weighted by Crippen LogP contribution is 2.31. The molecule has 1 amide bonds. The summed E-state index contributed by atoms with van der Waals surface area (Å²) < 4.78 is 45.4. The molecule has 0 fully saturated rings. The monoisotopic (exact) mass is 419 g/mol. The molecule has 0 saturated carbocycles. The van der Waals surface area contributed by atoms with Gasteiger partial charge in [-0.1, -0.05) is 30.0 Å². The van der Waals surface area contributed by atoms with Crippen molar-refractivity contribution in [1.29, 1.82) is 0 Å². The molecule has 1 aliphatic heterocycles. The van der Waals surface area contributed by atoms with E-state index in [-0.39, 0.29) is 5.75 Å². The normalized spacial score (nSPS) is 13.2. The number of amides is 1. The van der Waals surface area contributed by atoms with Crippen LogP contribution in [0.3, 0.4) is 0 Å². The molecule has 3 aromatic rings. The van der Waals surface area contributed by atoms with E-state index in [4.69, 9.17) is 4.74 Å². The SMILES string of the molecule is O=C(COc1cccc(C(F)(F)F)c1)Nc1ccc(-c2cn3c(n2)SCC3)cc1. The van der Waals surface area contributed by atoms with Crippen LogP contribution in [0.2, 0.25) is 0 Å². The number of ether oxygens (including phenoxy) is 1. The van der Waals surface area contributed by atoms with Gasteiger partial charge >= 0.3 is 6.18 Å². The van der Waals surface area contributed by atoms with E-state index in [2.05, 4.69) is 14.9 Å². The quantitative estimate of drug-likeness (QED) is 0.652. The Labute approximate surface area is 168 Å². The number of hydrogen-bond donors (Lipinski definition) is 1. The summed E-state index contributed by atoms with van der Waals surface area (Å²) in [4.78, 5) is 16.6. The van der Waals surface area contributed by atoms with Crippen molar-refractivity contribution in [3.05, 3.63) is 60.3 Å². The minimum Gasteiger partial charge on any atom is -0.484 e. The Bertz CT molecular complexity index is 1010. The van der Waals surface area contributed by atoms with Crippen LogP contribution in [-0.4, -0.2) is 27.8 Å². The molecule has 150 valence electrons. The summed E-state index contributed by atoms with van der Waals surface area (Å²) in [5.74, 6) is 0.555. The van der Waals surface area contributed by atoms with E-state index < -0.39 is 24.3 Å². The topological polar surface area (TPSA) is 56.1 Å². The number of nitrogens with one attached hydrogen (secondary N) is 1. The van der Waals surface area contributed by atoms with Gasteiger partial charge in [0.2, 0.25) is 0 Å². The smallest absolute Gasteiger partial charge is 0.416 e. The van der Waals surface area contributed by atoms with E-state index in [9.17, 15) is 18.0 Å². The van der Waals surface area contributed by atoms with Crippen LogP contribution in [0.4, 0.5) is 18.9 Å². The van der Waals surface area contributed by atoms with Gasteiger partial charge in [-0.2, -0.15) is 13.2 Å². The fourth-order valence-corrected chi connectivity index (χ4v) is 3.82. The first-order valence-electron chi connectivity index (χ1n) is 8.79. The predicted octanol–water partition coefficient (Wildman–Crippen LogP) is 4.69. The molecule has 2 aromatic carbocycles. The number of carbonyl (C=O) groups is 1. The number of aryl methyl sites for hydroxylation is 1. The van der Waals surface area contributed by atoms with Crippen LogP contribution in [0.5, 0.6) is 5.75 Å². The Morgan fingerprint density at radius 1 is 1.21 bits per heavy atom. The zero-order chi connectivity index (χ0) is 20.4. The molecule has 9 heteroatoms. The van der Waals surface area contributed by atoms with Crippen LogP contribution in [0.25, 0.3) is 11.3 Å². The van der Waals surface area contributed by atoms with Crippen LogP contribution in [0.15, 0.2) is 59.9 Å². The van der Waals surface area contributed by atoms with Gasteiger partial charge in [-0.05, 0) is 30.3 Å². The summed E-state index contributed by atoms with van der Waals surface area (Å²) in [5, 5.41) is 3.66. The molecule has 5 nitrogen and oxygen atoms in total. The van der Waals surface area contributed by atoms with Crippen molar-refractivity contribution in [2.24, 2.45) is 0 Å². The second-order valence-corrected chi connectivity index (χ2v) is 7.45. The maximum absolute atomic E-state index is 12.7. The molecule has 0 spiro atoms. The van der Waals surface area contributed by atoms with Crippen LogP contribution < -0.4 is 10.1 Å². The fraction of sp³-hybridized carbons (Fsp3) is 0.200. The number of thioether (sulfide) groups is 1. The van der Waals surface area contributed by atoms with Crippen LogP contribution in [0, 0.1) is 0 Å². The van der Waals surface area contributed by atoms with Crippen molar-refractivity contribution in [2.45, 2.75) is 17.9 Å². The number of fused-ring (bicyclic) bond motifs is 1. The minimum atomic E-state index is -4.46. The first kappa shape index (κ1) is 19.4. The van der Waals surface area contributed by atoms with E-state index in [0.29, 0.717) is 5.69 Å². The van der Waals surface area contributed by atoms with Gasteiger partial charge in [-0.15, -0.1) is 0 Å². The third kappa shape index (κ3) is 4.56. The third-order valence-electron chi connectivity index (χ3n) is 4.30. The number of anilines is 1. The van der Waals surface area contributed by atoms with E-state index in [1.807, 2.05) is 18.3 Å². The molecule has 0 atom stereocenters.